The number of hydrogen-bond acceptors (Lipinski definition) is 4. The molecular weight excluding hydrogens is 304 g/mol. The lowest BCUT2D eigenvalue weighted by Crippen LogP contribution is -2.42. The standard InChI is InChI=1S/C19H22N2O3/c1-15(18(22)13-20-12-16-8-4-2-5-9-16)21-19(23)24-14-17-10-6-3-7-11-17/h2-11,15,20H,12-14H2,1H3,(H,21,23)/t15-/m0/s1. The van der Waals surface area contributed by atoms with E-state index in [-0.39, 0.29) is 18.9 Å². The Morgan fingerprint density at radius 1 is 0.958 bits per heavy atom. The Morgan fingerprint density at radius 3 is 2.17 bits per heavy atom. The Hall–Kier alpha value is -2.66. The van der Waals surface area contributed by atoms with Crippen LogP contribution in [0.5, 0.6) is 0 Å². The van der Waals surface area contributed by atoms with E-state index in [1.165, 1.54) is 0 Å². The third kappa shape index (κ3) is 6.22. The Labute approximate surface area is 142 Å². The smallest absolute Gasteiger partial charge is 0.408 e. The molecule has 0 saturated carbocycles. The van der Waals surface area contributed by atoms with Crippen LogP contribution in [-0.4, -0.2) is 24.5 Å². The van der Waals surface area contributed by atoms with Gasteiger partial charge in [0.05, 0.1) is 12.6 Å². The van der Waals surface area contributed by atoms with Crippen molar-refractivity contribution in [3.05, 3.63) is 71.8 Å². The van der Waals surface area contributed by atoms with Gasteiger partial charge in [0.1, 0.15) is 6.61 Å². The second-order valence-electron chi connectivity index (χ2n) is 5.48. The molecule has 0 aliphatic rings. The van der Waals surface area contributed by atoms with Crippen LogP contribution in [-0.2, 0) is 22.7 Å². The zero-order valence-electron chi connectivity index (χ0n) is 13.7. The molecule has 5 nitrogen and oxygen atoms in total. The first-order chi connectivity index (χ1) is 11.6. The number of Topliss-reactive ketones (excluding diaryl/α,β-unsaturated/α-hetero) is 1. The Bertz CT molecular complexity index is 644. The average Bonchev–Trinajstić information content (AvgIpc) is 2.61. The van der Waals surface area contributed by atoms with Crippen molar-refractivity contribution in [1.82, 2.24) is 10.6 Å². The molecule has 0 aromatic heterocycles. The summed E-state index contributed by atoms with van der Waals surface area (Å²) >= 11 is 0. The molecule has 1 atom stereocenters. The van der Waals surface area contributed by atoms with Crippen molar-refractivity contribution in [2.75, 3.05) is 6.54 Å². The molecular formula is C19H22N2O3. The van der Waals surface area contributed by atoms with Crippen LogP contribution in [0.2, 0.25) is 0 Å². The maximum atomic E-state index is 12.0. The number of carbonyl (C=O) groups is 2. The number of nitrogens with one attached hydrogen (secondary N) is 2. The van der Waals surface area contributed by atoms with E-state index in [0.29, 0.717) is 6.54 Å². The van der Waals surface area contributed by atoms with Gasteiger partial charge in [0.15, 0.2) is 5.78 Å². The number of rotatable bonds is 8. The van der Waals surface area contributed by atoms with Crippen LogP contribution in [0, 0.1) is 0 Å². The molecule has 0 unspecified atom stereocenters. The second kappa shape index (κ2) is 9.47. The van der Waals surface area contributed by atoms with E-state index < -0.39 is 12.1 Å². The normalized spacial score (nSPS) is 11.5. The molecule has 0 saturated heterocycles. The van der Waals surface area contributed by atoms with Crippen LogP contribution in [0.15, 0.2) is 60.7 Å². The van der Waals surface area contributed by atoms with Gasteiger partial charge in [0, 0.05) is 6.54 Å². The maximum Gasteiger partial charge on any atom is 0.408 e. The van der Waals surface area contributed by atoms with Crippen molar-refractivity contribution in [1.29, 1.82) is 0 Å². The van der Waals surface area contributed by atoms with Gasteiger partial charge in [-0.15, -0.1) is 0 Å². The lowest BCUT2D eigenvalue weighted by atomic mass is 10.2. The second-order valence-corrected chi connectivity index (χ2v) is 5.48. The summed E-state index contributed by atoms with van der Waals surface area (Å²) in [4.78, 5) is 23.7. The first kappa shape index (κ1) is 17.7. The van der Waals surface area contributed by atoms with Gasteiger partial charge >= 0.3 is 6.09 Å². The number of benzene rings is 2. The monoisotopic (exact) mass is 326 g/mol. The first-order valence-corrected chi connectivity index (χ1v) is 7.89. The number of amides is 1. The van der Waals surface area contributed by atoms with Crippen LogP contribution in [0.1, 0.15) is 18.1 Å². The van der Waals surface area contributed by atoms with Gasteiger partial charge < -0.3 is 15.4 Å². The van der Waals surface area contributed by atoms with Crippen molar-refractivity contribution in [2.24, 2.45) is 0 Å². The first-order valence-electron chi connectivity index (χ1n) is 7.89. The SMILES string of the molecule is C[C@H](NC(=O)OCc1ccccc1)C(=O)CNCc1ccccc1. The Morgan fingerprint density at radius 2 is 1.54 bits per heavy atom. The minimum atomic E-state index is -0.600. The van der Waals surface area contributed by atoms with E-state index in [2.05, 4.69) is 10.6 Å². The number of carbonyl (C=O) groups excluding carboxylic acids is 2. The molecule has 0 fully saturated rings. The molecule has 24 heavy (non-hydrogen) atoms. The molecule has 2 aromatic rings. The molecule has 2 N–H and O–H groups in total. The van der Waals surface area contributed by atoms with Gasteiger partial charge in [-0.05, 0) is 18.1 Å². The summed E-state index contributed by atoms with van der Waals surface area (Å²) in [6.07, 6.45) is -0.595. The summed E-state index contributed by atoms with van der Waals surface area (Å²) in [5, 5.41) is 5.62. The fraction of sp³-hybridized carbons (Fsp3) is 0.263. The molecule has 0 radical (unpaired) electrons. The van der Waals surface area contributed by atoms with Gasteiger partial charge in [-0.2, -0.15) is 0 Å². The zero-order chi connectivity index (χ0) is 17.2. The van der Waals surface area contributed by atoms with E-state index >= 15 is 0 Å². The van der Waals surface area contributed by atoms with E-state index in [1.54, 1.807) is 6.92 Å². The van der Waals surface area contributed by atoms with E-state index in [4.69, 9.17) is 4.74 Å². The van der Waals surface area contributed by atoms with Gasteiger partial charge in [-0.1, -0.05) is 60.7 Å². The van der Waals surface area contributed by atoms with Crippen molar-refractivity contribution in [3.63, 3.8) is 0 Å². The minimum absolute atomic E-state index is 0.0948. The van der Waals surface area contributed by atoms with Gasteiger partial charge in [0.25, 0.3) is 0 Å². The zero-order valence-corrected chi connectivity index (χ0v) is 13.7. The predicted molar refractivity (Wildman–Crippen MR) is 92.4 cm³/mol. The molecule has 2 aromatic carbocycles. The average molecular weight is 326 g/mol. The fourth-order valence-corrected chi connectivity index (χ4v) is 2.10. The van der Waals surface area contributed by atoms with Crippen molar-refractivity contribution >= 4 is 11.9 Å². The van der Waals surface area contributed by atoms with Gasteiger partial charge in [0.2, 0.25) is 0 Å². The summed E-state index contributed by atoms with van der Waals surface area (Å²) in [5.41, 5.74) is 2.00. The number of ketones is 1. The molecule has 0 aliphatic heterocycles. The third-order valence-electron chi connectivity index (χ3n) is 3.50. The molecule has 126 valence electrons. The highest BCUT2D eigenvalue weighted by Crippen LogP contribution is 2.01. The quantitative estimate of drug-likeness (QED) is 0.782. The Kier molecular flexibility index (Phi) is 6.98. The van der Waals surface area contributed by atoms with Gasteiger partial charge in [-0.3, -0.25) is 4.79 Å². The van der Waals surface area contributed by atoms with Crippen molar-refractivity contribution < 1.29 is 14.3 Å². The van der Waals surface area contributed by atoms with E-state index in [1.807, 2.05) is 60.7 Å². The predicted octanol–water partition coefficient (Wildman–Crippen LogP) is 2.66. The maximum absolute atomic E-state index is 12.0. The summed E-state index contributed by atoms with van der Waals surface area (Å²) in [6.45, 7) is 2.63. The highest BCUT2D eigenvalue weighted by molar-refractivity contribution is 5.88. The summed E-state index contributed by atoms with van der Waals surface area (Å²) in [7, 11) is 0. The lowest BCUT2D eigenvalue weighted by molar-refractivity contribution is -0.119. The summed E-state index contributed by atoms with van der Waals surface area (Å²) in [5.74, 6) is -0.0948. The highest BCUT2D eigenvalue weighted by Gasteiger charge is 2.15. The molecule has 1 amide bonds. The van der Waals surface area contributed by atoms with Crippen LogP contribution in [0.25, 0.3) is 0 Å². The summed E-state index contributed by atoms with van der Waals surface area (Å²) in [6, 6.07) is 18.6. The van der Waals surface area contributed by atoms with E-state index in [9.17, 15) is 9.59 Å². The number of alkyl carbamates (subject to hydrolysis) is 1. The number of ether oxygens (including phenoxy) is 1. The third-order valence-corrected chi connectivity index (χ3v) is 3.50. The van der Waals surface area contributed by atoms with Gasteiger partial charge in [-0.25, -0.2) is 4.79 Å². The Balaban J connectivity index is 1.66. The van der Waals surface area contributed by atoms with Crippen LogP contribution in [0.3, 0.4) is 0 Å². The molecule has 0 bridgehead atoms. The molecule has 0 heterocycles. The molecule has 0 aliphatic carbocycles. The fourth-order valence-electron chi connectivity index (χ4n) is 2.10. The number of hydrogen-bond donors (Lipinski definition) is 2. The van der Waals surface area contributed by atoms with Crippen molar-refractivity contribution in [2.45, 2.75) is 26.1 Å². The van der Waals surface area contributed by atoms with Crippen LogP contribution < -0.4 is 10.6 Å². The van der Waals surface area contributed by atoms with Crippen LogP contribution >= 0.6 is 0 Å². The molecule has 5 heteroatoms. The summed E-state index contributed by atoms with van der Waals surface area (Å²) < 4.78 is 5.10. The van der Waals surface area contributed by atoms with E-state index in [0.717, 1.165) is 11.1 Å². The molecule has 2 rings (SSSR count). The lowest BCUT2D eigenvalue weighted by Gasteiger charge is -2.13. The molecule has 0 spiro atoms. The highest BCUT2D eigenvalue weighted by atomic mass is 16.5. The van der Waals surface area contributed by atoms with Crippen LogP contribution in [0.4, 0.5) is 4.79 Å². The topological polar surface area (TPSA) is 67.4 Å². The minimum Gasteiger partial charge on any atom is -0.445 e. The largest absolute Gasteiger partial charge is 0.445 e. The van der Waals surface area contributed by atoms with Crippen molar-refractivity contribution in [3.8, 4) is 0 Å².